The van der Waals surface area contributed by atoms with Gasteiger partial charge in [-0.1, -0.05) is 13.3 Å². The Morgan fingerprint density at radius 2 is 2.11 bits per heavy atom. The van der Waals surface area contributed by atoms with E-state index in [0.717, 1.165) is 11.8 Å². The van der Waals surface area contributed by atoms with Gasteiger partial charge < -0.3 is 5.73 Å². The molecule has 2 N–H and O–H groups in total. The highest BCUT2D eigenvalue weighted by Gasteiger charge is 2.23. The first-order chi connectivity index (χ1) is 4.20. The maximum absolute atomic E-state index is 5.76. The average molecular weight is 127 g/mol. The summed E-state index contributed by atoms with van der Waals surface area (Å²) in [6.07, 6.45) is 4.11. The summed E-state index contributed by atoms with van der Waals surface area (Å²) in [6, 6.07) is 0.426. The van der Waals surface area contributed by atoms with Gasteiger partial charge in [0.15, 0.2) is 0 Å². The summed E-state index contributed by atoms with van der Waals surface area (Å²) in [6.45, 7) is 4.45. The van der Waals surface area contributed by atoms with Crippen LogP contribution in [0.25, 0.3) is 0 Å². The Morgan fingerprint density at radius 3 is 2.33 bits per heavy atom. The fourth-order valence-electron chi connectivity index (χ4n) is 1.73. The lowest BCUT2D eigenvalue weighted by molar-refractivity contribution is 0.441. The van der Waals surface area contributed by atoms with Crippen LogP contribution in [0.4, 0.5) is 0 Å². The second-order valence-electron chi connectivity index (χ2n) is 3.54. The smallest absolute Gasteiger partial charge is 0.00388 e. The summed E-state index contributed by atoms with van der Waals surface area (Å²) in [7, 11) is 0. The van der Waals surface area contributed by atoms with Crippen molar-refractivity contribution in [3.63, 3.8) is 0 Å². The highest BCUT2D eigenvalue weighted by molar-refractivity contribution is 4.77. The Bertz CT molecular complexity index is 88.6. The van der Waals surface area contributed by atoms with E-state index in [1.807, 2.05) is 0 Å². The van der Waals surface area contributed by atoms with Gasteiger partial charge in [0.25, 0.3) is 0 Å². The number of rotatable bonds is 1. The molecule has 3 atom stereocenters. The maximum atomic E-state index is 5.76. The van der Waals surface area contributed by atoms with Crippen LogP contribution in [0.1, 0.15) is 33.1 Å². The molecular weight excluding hydrogens is 110 g/mol. The van der Waals surface area contributed by atoms with Crippen LogP contribution in [0.15, 0.2) is 0 Å². The van der Waals surface area contributed by atoms with E-state index >= 15 is 0 Å². The average Bonchev–Trinajstić information content (AvgIpc) is 2.14. The van der Waals surface area contributed by atoms with E-state index < -0.39 is 0 Å². The van der Waals surface area contributed by atoms with Gasteiger partial charge in [0.05, 0.1) is 0 Å². The molecule has 1 aliphatic carbocycles. The Hall–Kier alpha value is -0.0400. The van der Waals surface area contributed by atoms with Crippen LogP contribution < -0.4 is 5.73 Å². The Morgan fingerprint density at radius 1 is 1.44 bits per heavy atom. The van der Waals surface area contributed by atoms with Crippen LogP contribution in [0, 0.1) is 11.8 Å². The third-order valence-electron chi connectivity index (χ3n) is 2.48. The summed E-state index contributed by atoms with van der Waals surface area (Å²) < 4.78 is 0. The van der Waals surface area contributed by atoms with Gasteiger partial charge in [-0.2, -0.15) is 0 Å². The van der Waals surface area contributed by atoms with Gasteiger partial charge in [0.2, 0.25) is 0 Å². The Balaban J connectivity index is 2.30. The molecule has 1 rings (SSSR count). The fourth-order valence-corrected chi connectivity index (χ4v) is 1.73. The van der Waals surface area contributed by atoms with Crippen molar-refractivity contribution in [2.24, 2.45) is 17.6 Å². The minimum Gasteiger partial charge on any atom is -0.328 e. The number of hydrogen-bond donors (Lipinski definition) is 1. The summed E-state index contributed by atoms with van der Waals surface area (Å²) in [4.78, 5) is 0. The second-order valence-corrected chi connectivity index (χ2v) is 3.54. The maximum Gasteiger partial charge on any atom is 0.00388 e. The molecule has 0 aromatic rings. The van der Waals surface area contributed by atoms with E-state index in [2.05, 4.69) is 13.8 Å². The van der Waals surface area contributed by atoms with Crippen LogP contribution in [-0.4, -0.2) is 6.04 Å². The third kappa shape index (κ3) is 1.68. The van der Waals surface area contributed by atoms with Crippen LogP contribution in [0.5, 0.6) is 0 Å². The van der Waals surface area contributed by atoms with E-state index in [-0.39, 0.29) is 0 Å². The Labute approximate surface area is 57.6 Å². The van der Waals surface area contributed by atoms with Gasteiger partial charge >= 0.3 is 0 Å². The Kier molecular flexibility index (Phi) is 2.12. The molecule has 0 radical (unpaired) electrons. The minimum absolute atomic E-state index is 0.426. The van der Waals surface area contributed by atoms with Crippen LogP contribution in [0.3, 0.4) is 0 Å². The SMILES string of the molecule is CC(N)C1CC[C@H](C)C1. The summed E-state index contributed by atoms with van der Waals surface area (Å²) in [5, 5.41) is 0. The molecule has 0 saturated heterocycles. The summed E-state index contributed by atoms with van der Waals surface area (Å²) in [5.74, 6) is 1.75. The van der Waals surface area contributed by atoms with Crippen molar-refractivity contribution in [3.8, 4) is 0 Å². The standard InChI is InChI=1S/C8H17N/c1-6-3-4-8(5-6)7(2)9/h6-8H,3-5,9H2,1-2H3/t6-,7?,8?/m0/s1. The second kappa shape index (κ2) is 2.70. The molecule has 9 heavy (non-hydrogen) atoms. The predicted molar refractivity (Wildman–Crippen MR) is 40.2 cm³/mol. The highest BCUT2D eigenvalue weighted by atomic mass is 14.6. The lowest BCUT2D eigenvalue weighted by atomic mass is 9.99. The molecule has 0 spiro atoms. The van der Waals surface area contributed by atoms with E-state index in [4.69, 9.17) is 5.73 Å². The first-order valence-corrected chi connectivity index (χ1v) is 3.95. The number of nitrogens with two attached hydrogens (primary N) is 1. The predicted octanol–water partition coefficient (Wildman–Crippen LogP) is 1.77. The van der Waals surface area contributed by atoms with Gasteiger partial charge in [-0.3, -0.25) is 0 Å². The van der Waals surface area contributed by atoms with Gasteiger partial charge in [-0.05, 0) is 31.6 Å². The lowest BCUT2D eigenvalue weighted by Crippen LogP contribution is -2.24. The molecule has 54 valence electrons. The molecule has 1 heteroatoms. The molecule has 0 heterocycles. The molecule has 0 amide bonds. The molecule has 2 unspecified atom stereocenters. The highest BCUT2D eigenvalue weighted by Crippen LogP contribution is 2.31. The monoisotopic (exact) mass is 127 g/mol. The number of hydrogen-bond acceptors (Lipinski definition) is 1. The van der Waals surface area contributed by atoms with Crippen LogP contribution in [-0.2, 0) is 0 Å². The topological polar surface area (TPSA) is 26.0 Å². The molecule has 1 aliphatic rings. The molecule has 0 bridgehead atoms. The molecule has 0 aromatic heterocycles. The zero-order valence-corrected chi connectivity index (χ0v) is 6.43. The molecular formula is C8H17N. The molecule has 0 aliphatic heterocycles. The van der Waals surface area contributed by atoms with Gasteiger partial charge in [0.1, 0.15) is 0 Å². The van der Waals surface area contributed by atoms with Crippen LogP contribution in [0.2, 0.25) is 0 Å². The quantitative estimate of drug-likeness (QED) is 0.570. The van der Waals surface area contributed by atoms with E-state index in [9.17, 15) is 0 Å². The zero-order valence-electron chi connectivity index (χ0n) is 6.43. The van der Waals surface area contributed by atoms with Crippen molar-refractivity contribution in [1.82, 2.24) is 0 Å². The van der Waals surface area contributed by atoms with E-state index in [0.29, 0.717) is 6.04 Å². The van der Waals surface area contributed by atoms with E-state index in [1.54, 1.807) is 0 Å². The molecule has 0 aromatic carbocycles. The fraction of sp³-hybridized carbons (Fsp3) is 1.00. The molecule has 1 saturated carbocycles. The van der Waals surface area contributed by atoms with Gasteiger partial charge in [-0.15, -0.1) is 0 Å². The van der Waals surface area contributed by atoms with Crippen molar-refractivity contribution in [2.45, 2.75) is 39.2 Å². The summed E-state index contributed by atoms with van der Waals surface area (Å²) in [5.41, 5.74) is 5.76. The van der Waals surface area contributed by atoms with Crippen molar-refractivity contribution >= 4 is 0 Å². The minimum atomic E-state index is 0.426. The van der Waals surface area contributed by atoms with Gasteiger partial charge in [-0.25, -0.2) is 0 Å². The third-order valence-corrected chi connectivity index (χ3v) is 2.48. The van der Waals surface area contributed by atoms with Crippen molar-refractivity contribution in [3.05, 3.63) is 0 Å². The summed E-state index contributed by atoms with van der Waals surface area (Å²) >= 11 is 0. The first kappa shape index (κ1) is 7.07. The lowest BCUT2D eigenvalue weighted by Gasteiger charge is -2.12. The van der Waals surface area contributed by atoms with Crippen molar-refractivity contribution in [1.29, 1.82) is 0 Å². The zero-order chi connectivity index (χ0) is 6.85. The molecule has 1 fully saturated rings. The van der Waals surface area contributed by atoms with E-state index in [1.165, 1.54) is 19.3 Å². The van der Waals surface area contributed by atoms with Gasteiger partial charge in [0, 0.05) is 6.04 Å². The normalized spacial score (nSPS) is 39.0. The van der Waals surface area contributed by atoms with Crippen molar-refractivity contribution in [2.75, 3.05) is 0 Å². The first-order valence-electron chi connectivity index (χ1n) is 3.95. The van der Waals surface area contributed by atoms with Crippen LogP contribution >= 0.6 is 0 Å². The molecule has 1 nitrogen and oxygen atoms in total. The largest absolute Gasteiger partial charge is 0.328 e. The van der Waals surface area contributed by atoms with Crippen molar-refractivity contribution < 1.29 is 0 Å².